The maximum atomic E-state index is 12.9. The number of hydrogen-bond donors (Lipinski definition) is 3. The van der Waals surface area contributed by atoms with Crippen LogP contribution >= 0.6 is 11.8 Å². The summed E-state index contributed by atoms with van der Waals surface area (Å²) < 4.78 is 29.7. The molecule has 3 aromatic rings. The van der Waals surface area contributed by atoms with Crippen molar-refractivity contribution in [3.8, 4) is 11.1 Å². The number of thioether (sulfide) groups is 1. The van der Waals surface area contributed by atoms with E-state index in [9.17, 15) is 23.1 Å². The molecule has 2 radical (unpaired) electrons. The van der Waals surface area contributed by atoms with Crippen LogP contribution in [0.5, 0.6) is 0 Å². The smallest absolute Gasteiger partial charge is 0.355 e. The van der Waals surface area contributed by atoms with Gasteiger partial charge in [-0.2, -0.15) is 0 Å². The van der Waals surface area contributed by atoms with Crippen molar-refractivity contribution >= 4 is 137 Å². The monoisotopic (exact) mass is 622 g/mol. The Bertz CT molecular complexity index is 1360. The third-order valence-corrected chi connectivity index (χ3v) is 7.77. The third kappa shape index (κ3) is 10.0. The van der Waals surface area contributed by atoms with E-state index in [1.54, 1.807) is 34.9 Å². The Morgan fingerprint density at radius 2 is 1.69 bits per heavy atom. The van der Waals surface area contributed by atoms with E-state index in [4.69, 9.17) is 0 Å². The van der Waals surface area contributed by atoms with E-state index in [1.165, 1.54) is 17.8 Å². The Morgan fingerprint density at radius 1 is 1.03 bits per heavy atom. The fourth-order valence-electron chi connectivity index (χ4n) is 3.88. The molecule has 2 aromatic carbocycles. The first-order valence-corrected chi connectivity index (χ1v) is 14.8. The van der Waals surface area contributed by atoms with Gasteiger partial charge in [-0.15, -0.1) is 11.8 Å². The number of aryl methyl sites for hydroxylation is 1. The van der Waals surface area contributed by atoms with Crippen LogP contribution in [-0.4, -0.2) is 151 Å². The van der Waals surface area contributed by atoms with E-state index >= 15 is 0 Å². The second-order valence-electron chi connectivity index (χ2n) is 8.44. The summed E-state index contributed by atoms with van der Waals surface area (Å²) in [6.07, 6.45) is 5.04. The summed E-state index contributed by atoms with van der Waals surface area (Å²) in [6, 6.07) is 13.0. The zero-order chi connectivity index (χ0) is 27.0. The van der Waals surface area contributed by atoms with Gasteiger partial charge in [-0.25, -0.2) is 27.7 Å². The number of aromatic nitrogens is 2. The number of hydrogen-bond acceptors (Lipinski definition) is 6. The van der Waals surface area contributed by atoms with Crippen LogP contribution in [0.1, 0.15) is 55.0 Å². The van der Waals surface area contributed by atoms with Gasteiger partial charge in [0.2, 0.25) is 0 Å². The van der Waals surface area contributed by atoms with E-state index in [-0.39, 0.29) is 113 Å². The summed E-state index contributed by atoms with van der Waals surface area (Å²) >= 11 is 1.31. The second-order valence-corrected chi connectivity index (χ2v) is 10.9. The zero-order valence-electron chi connectivity index (χ0n) is 23.2. The van der Waals surface area contributed by atoms with Crippen molar-refractivity contribution in [1.29, 1.82) is 0 Å². The van der Waals surface area contributed by atoms with Crippen molar-refractivity contribution in [1.82, 2.24) is 19.6 Å². The molecule has 2 amide bonds. The number of aromatic carboxylic acids is 1. The molecule has 0 saturated heterocycles. The maximum Gasteiger partial charge on any atom is 0.355 e. The van der Waals surface area contributed by atoms with Crippen LogP contribution in [0, 0.1) is 0 Å². The molecule has 0 aliphatic heterocycles. The predicted molar refractivity (Wildman–Crippen MR) is 156 cm³/mol. The van der Waals surface area contributed by atoms with Gasteiger partial charge in [0.05, 0.1) is 4.90 Å². The van der Waals surface area contributed by atoms with Gasteiger partial charge in [0.1, 0.15) is 10.9 Å². The fourth-order valence-corrected chi connectivity index (χ4v) is 5.63. The number of unbranched alkanes of at least 4 members (excludes halogenated alkanes) is 1. The Labute approximate surface area is 319 Å². The molecule has 13 heteroatoms. The Hall–Kier alpha value is -0.0373. The summed E-state index contributed by atoms with van der Waals surface area (Å²) in [5.41, 5.74) is 2.13. The van der Waals surface area contributed by atoms with E-state index in [0.717, 1.165) is 24.2 Å². The number of sulfonamides is 1. The molecule has 0 aliphatic carbocycles. The average Bonchev–Trinajstić information content (AvgIpc) is 3.23. The first-order chi connectivity index (χ1) is 17.7. The minimum atomic E-state index is -4.10. The molecule has 0 bridgehead atoms. The third-order valence-electron chi connectivity index (χ3n) is 5.71. The largest absolute Gasteiger partial charge is 0.476 e. The number of carboxylic acids is 1. The van der Waals surface area contributed by atoms with Crippen LogP contribution in [0.3, 0.4) is 0 Å². The van der Waals surface area contributed by atoms with Crippen LogP contribution < -0.4 is 10.0 Å². The molecule has 1 heterocycles. The molecule has 0 fully saturated rings. The van der Waals surface area contributed by atoms with Crippen molar-refractivity contribution in [3.05, 3.63) is 65.6 Å². The number of nitrogens with zero attached hydrogens (tertiary/aromatic N) is 2. The molecular weight excluding hydrogens is 591 g/mol. The van der Waals surface area contributed by atoms with Crippen LogP contribution in [0.4, 0.5) is 4.79 Å². The van der Waals surface area contributed by atoms with Crippen molar-refractivity contribution in [2.45, 2.75) is 56.0 Å². The molecule has 1 aromatic heterocycles. The molecule has 9 nitrogen and oxygen atoms in total. The molecule has 39 heavy (non-hydrogen) atoms. The van der Waals surface area contributed by atoms with Crippen LogP contribution in [0.2, 0.25) is 0 Å². The standard InChI is InChI=1S/C26H32N4O5S2.2K/c1-4-6-11-22-28-24(36-3)23(25(31)32)30(22)17-18-12-14-19(15-13-18)20-9-7-8-10-21(20)37(34,35)29-26(33)27-16-5-2;;/h7-10,12-15H,4-6,11,16-17H2,1-3H3,(H,31,32)(H2,27,29,33);;. The minimum Gasteiger partial charge on any atom is -0.476 e. The average molecular weight is 623 g/mol. The number of amides is 2. The van der Waals surface area contributed by atoms with Crippen LogP contribution in [-0.2, 0) is 23.0 Å². The summed E-state index contributed by atoms with van der Waals surface area (Å²) in [7, 11) is -4.10. The number of benzene rings is 2. The molecule has 200 valence electrons. The molecule has 0 spiro atoms. The number of urea groups is 1. The van der Waals surface area contributed by atoms with Gasteiger partial charge < -0.3 is 15.0 Å². The maximum absolute atomic E-state index is 12.9. The zero-order valence-corrected chi connectivity index (χ0v) is 31.0. The van der Waals surface area contributed by atoms with Gasteiger partial charge in [0, 0.05) is 128 Å². The molecule has 0 unspecified atom stereocenters. The summed E-state index contributed by atoms with van der Waals surface area (Å²) in [5, 5.41) is 12.8. The van der Waals surface area contributed by atoms with Crippen molar-refractivity contribution < 1.29 is 23.1 Å². The van der Waals surface area contributed by atoms with E-state index in [1.807, 2.05) is 25.3 Å². The molecule has 3 rings (SSSR count). The summed E-state index contributed by atoms with van der Waals surface area (Å²) in [4.78, 5) is 28.6. The second kappa shape index (κ2) is 17.8. The first kappa shape index (κ1) is 37.0. The molecular formula is C26H32K2N4O5S2. The minimum absolute atomic E-state index is 0. The number of imidazole rings is 1. The van der Waals surface area contributed by atoms with E-state index in [0.29, 0.717) is 42.1 Å². The first-order valence-electron chi connectivity index (χ1n) is 12.1. The van der Waals surface area contributed by atoms with Gasteiger partial charge in [-0.3, -0.25) is 0 Å². The number of nitrogens with one attached hydrogen (secondary N) is 2. The van der Waals surface area contributed by atoms with Gasteiger partial charge in [0.15, 0.2) is 5.69 Å². The Morgan fingerprint density at radius 3 is 2.28 bits per heavy atom. The van der Waals surface area contributed by atoms with E-state index < -0.39 is 22.0 Å². The van der Waals surface area contributed by atoms with Crippen molar-refractivity contribution in [2.24, 2.45) is 0 Å². The molecule has 0 saturated carbocycles. The topological polar surface area (TPSA) is 130 Å². The molecule has 0 atom stereocenters. The van der Waals surface area contributed by atoms with Crippen LogP contribution in [0.25, 0.3) is 11.1 Å². The Kier molecular flexibility index (Phi) is 16.9. The van der Waals surface area contributed by atoms with Gasteiger partial charge in [-0.1, -0.05) is 62.7 Å². The normalized spacial score (nSPS) is 10.7. The number of rotatable bonds is 12. The summed E-state index contributed by atoms with van der Waals surface area (Å²) in [5.74, 6) is -0.289. The summed E-state index contributed by atoms with van der Waals surface area (Å²) in [6.45, 7) is 4.64. The number of carboxylic acid groups (broad SMARTS) is 1. The SMILES string of the molecule is CCCCc1nc(SC)c(C(=O)O)n1Cc1ccc(-c2ccccc2S(=O)(=O)NC(=O)NCCC)cc1.[K].[K]. The quantitative estimate of drug-likeness (QED) is 0.206. The number of carbonyl (C=O) groups excluding carboxylic acids is 1. The number of carbonyl (C=O) groups is 2. The Balaban J connectivity index is 0.00000380. The van der Waals surface area contributed by atoms with E-state index in [2.05, 4.69) is 21.9 Å². The van der Waals surface area contributed by atoms with Crippen LogP contribution in [0.15, 0.2) is 58.5 Å². The van der Waals surface area contributed by atoms with Gasteiger partial charge in [-0.05, 0) is 36.3 Å². The van der Waals surface area contributed by atoms with Crippen molar-refractivity contribution in [2.75, 3.05) is 12.8 Å². The molecule has 3 N–H and O–H groups in total. The fraction of sp³-hybridized carbons (Fsp3) is 0.346. The molecule has 0 aliphatic rings. The van der Waals surface area contributed by atoms with Gasteiger partial charge >= 0.3 is 12.0 Å². The predicted octanol–water partition coefficient (Wildman–Crippen LogP) is 4.00. The van der Waals surface area contributed by atoms with Gasteiger partial charge in [0.25, 0.3) is 10.0 Å². The van der Waals surface area contributed by atoms with Crippen molar-refractivity contribution in [3.63, 3.8) is 0 Å².